The van der Waals surface area contributed by atoms with Crippen LogP contribution in [0.5, 0.6) is 0 Å². The molecule has 3 N–H and O–H groups in total. The van der Waals surface area contributed by atoms with Crippen molar-refractivity contribution in [3.8, 4) is 0 Å². The van der Waals surface area contributed by atoms with Gasteiger partial charge in [0.05, 0.1) is 0 Å². The number of rotatable bonds is 3. The van der Waals surface area contributed by atoms with Crippen LogP contribution < -0.4 is 11.1 Å². The highest BCUT2D eigenvalue weighted by molar-refractivity contribution is 5.47. The zero-order valence-corrected chi connectivity index (χ0v) is 20.6. The van der Waals surface area contributed by atoms with Crippen LogP contribution in [0.1, 0.15) is 98.0 Å². The average molecular weight is 427 g/mol. The molecule has 1 spiro atoms. The smallest absolute Gasteiger partial charge is 0.207 e. The van der Waals surface area contributed by atoms with Crippen molar-refractivity contribution in [3.05, 3.63) is 35.9 Å². The Bertz CT molecular complexity index is 697. The summed E-state index contributed by atoms with van der Waals surface area (Å²) in [6.07, 6.45) is 12.6. The van der Waals surface area contributed by atoms with Crippen molar-refractivity contribution in [1.82, 2.24) is 5.32 Å². The lowest BCUT2D eigenvalue weighted by atomic mass is 9.51. The third-order valence-corrected chi connectivity index (χ3v) is 8.25. The molecule has 0 aromatic heterocycles. The van der Waals surface area contributed by atoms with E-state index in [0.717, 1.165) is 31.1 Å². The Kier molecular flexibility index (Phi) is 7.56. The number of carbonyl (C=O) groups excluding carboxylic acids is 1. The predicted molar refractivity (Wildman–Crippen MR) is 131 cm³/mol. The monoisotopic (exact) mass is 426 g/mol. The minimum atomic E-state index is 0.437. The summed E-state index contributed by atoms with van der Waals surface area (Å²) < 4.78 is 0. The van der Waals surface area contributed by atoms with Gasteiger partial charge in [0.2, 0.25) is 6.41 Å². The highest BCUT2D eigenvalue weighted by atomic mass is 16.1. The molecule has 4 aliphatic rings. The van der Waals surface area contributed by atoms with Gasteiger partial charge in [-0.25, -0.2) is 0 Å². The second kappa shape index (κ2) is 9.65. The Hall–Kier alpha value is -1.35. The van der Waals surface area contributed by atoms with E-state index in [1.807, 2.05) is 13.8 Å². The number of fused-ring (bicyclic) bond motifs is 2. The van der Waals surface area contributed by atoms with Crippen LogP contribution in [0.4, 0.5) is 0 Å². The highest BCUT2D eigenvalue weighted by Crippen LogP contribution is 2.58. The maximum Gasteiger partial charge on any atom is 0.207 e. The second-order valence-electron chi connectivity index (χ2n) is 11.9. The molecule has 4 aliphatic carbocycles. The molecule has 3 nitrogen and oxygen atoms in total. The lowest BCUT2D eigenvalue weighted by molar-refractivity contribution is -0.112. The van der Waals surface area contributed by atoms with Crippen molar-refractivity contribution < 1.29 is 4.79 Å². The summed E-state index contributed by atoms with van der Waals surface area (Å²) in [4.78, 5) is 10.1. The molecule has 0 heterocycles. The molecule has 1 aromatic carbocycles. The standard InChI is InChI=1S/C18H26.C8H14N2O.C2H6/c1-14-9-15-11-17(2,3)13-18(10-14,12-15)16-7-5-4-6-8-16;9-6-1-8(2-6)3-7(4-8)10-5-11;1-2/h4-8,14-15H,9-13H2,1-3H3;5-7H,1-4,9H2,(H,10,11);1-2H3. The third-order valence-electron chi connectivity index (χ3n) is 8.25. The van der Waals surface area contributed by atoms with Gasteiger partial charge in [0.1, 0.15) is 0 Å². The maximum atomic E-state index is 10.1. The van der Waals surface area contributed by atoms with Crippen LogP contribution in [0.25, 0.3) is 0 Å². The topological polar surface area (TPSA) is 55.1 Å². The fourth-order valence-corrected chi connectivity index (χ4v) is 7.82. The van der Waals surface area contributed by atoms with Gasteiger partial charge >= 0.3 is 0 Å². The van der Waals surface area contributed by atoms with E-state index in [4.69, 9.17) is 5.73 Å². The number of hydrogen-bond donors (Lipinski definition) is 2. The second-order valence-corrected chi connectivity index (χ2v) is 11.9. The highest BCUT2D eigenvalue weighted by Gasteiger charge is 2.51. The molecule has 31 heavy (non-hydrogen) atoms. The Labute approximate surface area is 190 Å². The SMILES string of the molecule is CC.CC1CC2CC(C)(C)CC(c3ccccc3)(C1)C2.NC1CC2(C1)CC(NC=O)C2. The van der Waals surface area contributed by atoms with Crippen molar-refractivity contribution in [2.24, 2.45) is 28.4 Å². The summed E-state index contributed by atoms with van der Waals surface area (Å²) in [5.41, 5.74) is 8.84. The van der Waals surface area contributed by atoms with Gasteiger partial charge < -0.3 is 11.1 Å². The third kappa shape index (κ3) is 5.53. The van der Waals surface area contributed by atoms with Gasteiger partial charge in [0.15, 0.2) is 0 Å². The first-order chi connectivity index (χ1) is 14.7. The van der Waals surface area contributed by atoms with Crippen LogP contribution in [-0.4, -0.2) is 18.5 Å². The van der Waals surface area contributed by atoms with Crippen molar-refractivity contribution in [2.75, 3.05) is 0 Å². The van der Waals surface area contributed by atoms with Crippen LogP contribution in [0.15, 0.2) is 30.3 Å². The van der Waals surface area contributed by atoms with Crippen molar-refractivity contribution in [3.63, 3.8) is 0 Å². The van der Waals surface area contributed by atoms with Gasteiger partial charge in [-0.3, -0.25) is 4.79 Å². The number of benzene rings is 1. The van der Waals surface area contributed by atoms with Crippen molar-refractivity contribution >= 4 is 6.41 Å². The predicted octanol–water partition coefficient (Wildman–Crippen LogP) is 6.21. The van der Waals surface area contributed by atoms with Gasteiger partial charge in [0, 0.05) is 12.1 Å². The number of hydrogen-bond acceptors (Lipinski definition) is 2. The van der Waals surface area contributed by atoms with Crippen molar-refractivity contribution in [1.29, 1.82) is 0 Å². The van der Waals surface area contributed by atoms with E-state index < -0.39 is 0 Å². The largest absolute Gasteiger partial charge is 0.356 e. The molecule has 2 bridgehead atoms. The quantitative estimate of drug-likeness (QED) is 0.565. The van der Waals surface area contributed by atoms with Crippen LogP contribution in [0.2, 0.25) is 0 Å². The van der Waals surface area contributed by atoms with E-state index in [9.17, 15) is 4.79 Å². The first-order valence-electron chi connectivity index (χ1n) is 12.7. The van der Waals surface area contributed by atoms with E-state index in [0.29, 0.717) is 28.3 Å². The number of nitrogens with two attached hydrogens (primary N) is 1. The molecule has 3 heteroatoms. The summed E-state index contributed by atoms with van der Waals surface area (Å²) in [6.45, 7) is 11.4. The molecule has 3 atom stereocenters. The lowest BCUT2D eigenvalue weighted by Crippen LogP contribution is -2.58. The van der Waals surface area contributed by atoms with Gasteiger partial charge in [-0.05, 0) is 91.4 Å². The molecular formula is C28H46N2O. The molecule has 5 rings (SSSR count). The Balaban J connectivity index is 0.000000179. The first-order valence-corrected chi connectivity index (χ1v) is 12.7. The van der Waals surface area contributed by atoms with Crippen LogP contribution in [0.3, 0.4) is 0 Å². The summed E-state index contributed by atoms with van der Waals surface area (Å²) in [6, 6.07) is 12.2. The first kappa shape index (κ1) is 24.3. The Morgan fingerprint density at radius 3 is 2.19 bits per heavy atom. The van der Waals surface area contributed by atoms with Gasteiger partial charge in [-0.1, -0.05) is 65.0 Å². The minimum Gasteiger partial charge on any atom is -0.356 e. The van der Waals surface area contributed by atoms with Crippen molar-refractivity contribution in [2.45, 2.75) is 110 Å². The maximum absolute atomic E-state index is 10.1. The fourth-order valence-electron chi connectivity index (χ4n) is 7.82. The number of carbonyl (C=O) groups is 1. The van der Waals surface area contributed by atoms with Gasteiger partial charge in [-0.2, -0.15) is 0 Å². The summed E-state index contributed by atoms with van der Waals surface area (Å²) in [5, 5.41) is 2.80. The fraction of sp³-hybridized carbons (Fsp3) is 0.750. The molecular weight excluding hydrogens is 380 g/mol. The minimum absolute atomic E-state index is 0.437. The van der Waals surface area contributed by atoms with E-state index >= 15 is 0 Å². The number of amides is 1. The molecule has 1 aromatic rings. The Morgan fingerprint density at radius 1 is 0.968 bits per heavy atom. The molecule has 174 valence electrons. The van der Waals surface area contributed by atoms with Gasteiger partial charge in [0.25, 0.3) is 0 Å². The average Bonchev–Trinajstić information content (AvgIpc) is 2.66. The normalized spacial score (nSPS) is 39.4. The summed E-state index contributed by atoms with van der Waals surface area (Å²) in [5.74, 6) is 1.86. The van der Waals surface area contributed by atoms with E-state index in [-0.39, 0.29) is 0 Å². The summed E-state index contributed by atoms with van der Waals surface area (Å²) in [7, 11) is 0. The molecule has 4 fully saturated rings. The van der Waals surface area contributed by atoms with E-state index in [1.165, 1.54) is 44.9 Å². The molecule has 1 amide bonds. The van der Waals surface area contributed by atoms with Crippen LogP contribution >= 0.6 is 0 Å². The Morgan fingerprint density at radius 2 is 1.61 bits per heavy atom. The molecule has 3 unspecified atom stereocenters. The zero-order valence-electron chi connectivity index (χ0n) is 20.6. The molecule has 0 radical (unpaired) electrons. The molecule has 0 aliphatic heterocycles. The summed E-state index contributed by atoms with van der Waals surface area (Å²) >= 11 is 0. The lowest BCUT2D eigenvalue weighted by Gasteiger charge is -2.56. The number of nitrogens with one attached hydrogen (secondary N) is 1. The zero-order chi connectivity index (χ0) is 22.7. The molecule has 4 saturated carbocycles. The molecule has 0 saturated heterocycles. The van der Waals surface area contributed by atoms with E-state index in [2.05, 4.69) is 56.4 Å². The van der Waals surface area contributed by atoms with Gasteiger partial charge in [-0.15, -0.1) is 0 Å². The van der Waals surface area contributed by atoms with Crippen LogP contribution in [-0.2, 0) is 10.2 Å². The van der Waals surface area contributed by atoms with Crippen LogP contribution in [0, 0.1) is 22.7 Å². The van der Waals surface area contributed by atoms with E-state index in [1.54, 1.807) is 5.56 Å².